The van der Waals surface area contributed by atoms with Crippen LogP contribution in [0.25, 0.3) is 0 Å². The second-order valence-electron chi connectivity index (χ2n) is 7.94. The Morgan fingerprint density at radius 3 is 2.66 bits per heavy atom. The summed E-state index contributed by atoms with van der Waals surface area (Å²) in [6.45, 7) is 8.71. The van der Waals surface area contributed by atoms with Crippen LogP contribution in [0.15, 0.2) is 47.6 Å². The van der Waals surface area contributed by atoms with E-state index in [2.05, 4.69) is 27.9 Å². The first-order valence-corrected chi connectivity index (χ1v) is 11.9. The van der Waals surface area contributed by atoms with E-state index in [4.69, 9.17) is 4.74 Å². The van der Waals surface area contributed by atoms with Crippen LogP contribution in [0.4, 0.5) is 5.69 Å². The van der Waals surface area contributed by atoms with Gasteiger partial charge in [-0.05, 0) is 62.1 Å². The van der Waals surface area contributed by atoms with Crippen LogP contribution in [0.3, 0.4) is 0 Å². The maximum absolute atomic E-state index is 13.5. The van der Waals surface area contributed by atoms with Crippen molar-refractivity contribution < 1.29 is 9.53 Å². The topological polar surface area (TPSA) is 81.1 Å². The van der Waals surface area contributed by atoms with E-state index in [0.717, 1.165) is 46.8 Å². The largest absolute Gasteiger partial charge is 0.494 e. The van der Waals surface area contributed by atoms with Crippen LogP contribution in [0.5, 0.6) is 5.75 Å². The van der Waals surface area contributed by atoms with Crippen molar-refractivity contribution in [2.75, 3.05) is 17.3 Å². The molecule has 1 aliphatic heterocycles. The number of fused-ring (bicyclic) bond motifs is 1. The molecule has 168 valence electrons. The number of amides is 1. The van der Waals surface area contributed by atoms with Crippen LogP contribution < -0.4 is 15.5 Å². The lowest BCUT2D eigenvalue weighted by Crippen LogP contribution is -2.41. The molecule has 2 N–H and O–H groups in total. The molecule has 1 aromatic heterocycles. The first-order valence-electron chi connectivity index (χ1n) is 11.0. The van der Waals surface area contributed by atoms with Crippen molar-refractivity contribution in [1.29, 1.82) is 0 Å². The van der Waals surface area contributed by atoms with Crippen molar-refractivity contribution >= 4 is 23.4 Å². The lowest BCUT2D eigenvalue weighted by Gasteiger charge is -2.33. The minimum absolute atomic E-state index is 0.0682. The lowest BCUT2D eigenvalue weighted by molar-refractivity contribution is -0.116. The van der Waals surface area contributed by atoms with Gasteiger partial charge in [0, 0.05) is 12.1 Å². The van der Waals surface area contributed by atoms with Crippen LogP contribution >= 0.6 is 11.8 Å². The fourth-order valence-corrected chi connectivity index (χ4v) is 4.85. The van der Waals surface area contributed by atoms with E-state index in [9.17, 15) is 4.79 Å². The molecule has 0 spiro atoms. The number of anilines is 1. The average molecular weight is 452 g/mol. The molecule has 7 nitrogen and oxygen atoms in total. The fraction of sp³-hybridized carbons (Fsp3) is 0.375. The molecule has 0 saturated heterocycles. The third-order valence-electron chi connectivity index (χ3n) is 5.44. The highest BCUT2D eigenvalue weighted by Gasteiger charge is 2.38. The Kier molecular flexibility index (Phi) is 6.69. The van der Waals surface area contributed by atoms with Crippen LogP contribution in [-0.2, 0) is 11.2 Å². The molecule has 1 amide bonds. The zero-order valence-corrected chi connectivity index (χ0v) is 19.7. The van der Waals surface area contributed by atoms with Crippen molar-refractivity contribution in [3.63, 3.8) is 0 Å². The van der Waals surface area contributed by atoms with Crippen molar-refractivity contribution in [3.05, 3.63) is 65.0 Å². The predicted octanol–water partition coefficient (Wildman–Crippen LogP) is 4.64. The minimum atomic E-state index is -0.418. The number of ether oxygens (including phenoxy) is 1. The Labute approximate surface area is 192 Å². The summed E-state index contributed by atoms with van der Waals surface area (Å²) in [6.07, 6.45) is 1.78. The zero-order valence-electron chi connectivity index (χ0n) is 18.9. The van der Waals surface area contributed by atoms with Crippen molar-refractivity contribution in [1.82, 2.24) is 14.9 Å². The van der Waals surface area contributed by atoms with Crippen LogP contribution in [-0.4, -0.2) is 32.6 Å². The molecule has 1 aliphatic rings. The molecular formula is C24H29N5O2S. The predicted molar refractivity (Wildman–Crippen MR) is 128 cm³/mol. The summed E-state index contributed by atoms with van der Waals surface area (Å²) in [7, 11) is 0. The molecule has 2 atom stereocenters. The minimum Gasteiger partial charge on any atom is -0.494 e. The third kappa shape index (κ3) is 4.60. The van der Waals surface area contributed by atoms with Gasteiger partial charge >= 0.3 is 0 Å². The second kappa shape index (κ2) is 9.65. The number of carbonyl (C=O) groups excluding carboxylic acids is 1. The number of nitrogens with one attached hydrogen (secondary N) is 2. The number of thioether (sulfide) groups is 1. The quantitative estimate of drug-likeness (QED) is 0.545. The van der Waals surface area contributed by atoms with Gasteiger partial charge in [-0.25, -0.2) is 4.68 Å². The second-order valence-corrected chi connectivity index (χ2v) is 9.05. The SMILES string of the molecule is CCCc1nnc2n1N[C@@H](c1ccc(OCC)cc1)[C@H](C(=O)Nc1cc(C)ccc1C)S2. The summed E-state index contributed by atoms with van der Waals surface area (Å²) >= 11 is 1.44. The molecule has 2 aromatic carbocycles. The summed E-state index contributed by atoms with van der Waals surface area (Å²) in [6, 6.07) is 13.7. The van der Waals surface area contributed by atoms with Crippen LogP contribution in [0.1, 0.15) is 48.8 Å². The third-order valence-corrected chi connectivity index (χ3v) is 6.65. The van der Waals surface area contributed by atoms with Crippen molar-refractivity contribution in [2.24, 2.45) is 0 Å². The number of carbonyl (C=O) groups is 1. The number of hydrogen-bond acceptors (Lipinski definition) is 6. The first-order chi connectivity index (χ1) is 15.5. The fourth-order valence-electron chi connectivity index (χ4n) is 3.75. The smallest absolute Gasteiger partial charge is 0.240 e. The summed E-state index contributed by atoms with van der Waals surface area (Å²) in [5.74, 6) is 1.62. The number of aryl methyl sites for hydroxylation is 3. The number of aromatic nitrogens is 3. The van der Waals surface area contributed by atoms with E-state index in [0.29, 0.717) is 11.8 Å². The molecule has 32 heavy (non-hydrogen) atoms. The Morgan fingerprint density at radius 1 is 1.16 bits per heavy atom. The number of benzene rings is 2. The highest BCUT2D eigenvalue weighted by atomic mass is 32.2. The average Bonchev–Trinajstić information content (AvgIpc) is 3.18. The molecule has 0 bridgehead atoms. The summed E-state index contributed by atoms with van der Waals surface area (Å²) < 4.78 is 7.52. The highest BCUT2D eigenvalue weighted by molar-refractivity contribution is 8.00. The van der Waals surface area contributed by atoms with Gasteiger partial charge in [0.25, 0.3) is 0 Å². The maximum Gasteiger partial charge on any atom is 0.240 e. The summed E-state index contributed by atoms with van der Waals surface area (Å²) in [5, 5.41) is 12.1. The highest BCUT2D eigenvalue weighted by Crippen LogP contribution is 2.38. The standard InChI is InChI=1S/C24H29N5O2S/c1-5-7-20-26-27-24-29(20)28-21(17-10-12-18(13-11-17)31-6-2)22(32-24)23(30)25-19-14-15(3)8-9-16(19)4/h8-14,21-22,28H,5-7H2,1-4H3,(H,25,30)/t21-,22+/m0/s1. The van der Waals surface area contributed by atoms with E-state index in [-0.39, 0.29) is 11.9 Å². The van der Waals surface area contributed by atoms with E-state index >= 15 is 0 Å². The molecule has 0 unspecified atom stereocenters. The van der Waals surface area contributed by atoms with Gasteiger partial charge in [0.15, 0.2) is 5.82 Å². The van der Waals surface area contributed by atoms with Gasteiger partial charge < -0.3 is 15.5 Å². The van der Waals surface area contributed by atoms with Crippen LogP contribution in [0, 0.1) is 13.8 Å². The van der Waals surface area contributed by atoms with E-state index in [1.165, 1.54) is 11.8 Å². The Bertz CT molecular complexity index is 1100. The number of hydrogen-bond donors (Lipinski definition) is 2. The number of rotatable bonds is 7. The zero-order chi connectivity index (χ0) is 22.7. The molecule has 4 rings (SSSR count). The molecular weight excluding hydrogens is 422 g/mol. The van der Waals surface area contributed by atoms with Crippen molar-refractivity contribution in [2.45, 2.75) is 57.0 Å². The maximum atomic E-state index is 13.5. The molecule has 8 heteroatoms. The molecule has 0 aliphatic carbocycles. The lowest BCUT2D eigenvalue weighted by atomic mass is 10.0. The Morgan fingerprint density at radius 2 is 1.94 bits per heavy atom. The Balaban J connectivity index is 1.66. The Hall–Kier alpha value is -3.00. The van der Waals surface area contributed by atoms with Crippen LogP contribution in [0.2, 0.25) is 0 Å². The monoisotopic (exact) mass is 451 g/mol. The summed E-state index contributed by atoms with van der Waals surface area (Å²) in [5.41, 5.74) is 7.48. The molecule has 0 saturated carbocycles. The van der Waals surface area contributed by atoms with Gasteiger partial charge in [-0.15, -0.1) is 10.2 Å². The normalized spacial score (nSPS) is 17.4. The van der Waals surface area contributed by atoms with Gasteiger partial charge in [-0.3, -0.25) is 4.79 Å². The van der Waals surface area contributed by atoms with Gasteiger partial charge in [0.05, 0.1) is 12.6 Å². The van der Waals surface area contributed by atoms with E-state index < -0.39 is 5.25 Å². The van der Waals surface area contributed by atoms with Gasteiger partial charge in [0.1, 0.15) is 11.0 Å². The van der Waals surface area contributed by atoms with E-state index in [1.54, 1.807) is 0 Å². The first kappa shape index (κ1) is 22.2. The van der Waals surface area contributed by atoms with Gasteiger partial charge in [0.2, 0.25) is 11.1 Å². The van der Waals surface area contributed by atoms with Gasteiger partial charge in [-0.1, -0.05) is 43.0 Å². The number of nitrogens with zero attached hydrogens (tertiary/aromatic N) is 3. The van der Waals surface area contributed by atoms with E-state index in [1.807, 2.05) is 67.9 Å². The molecule has 2 heterocycles. The van der Waals surface area contributed by atoms with Gasteiger partial charge in [-0.2, -0.15) is 0 Å². The molecule has 0 radical (unpaired) electrons. The molecule has 3 aromatic rings. The summed E-state index contributed by atoms with van der Waals surface area (Å²) in [4.78, 5) is 13.5. The molecule has 0 fully saturated rings. The van der Waals surface area contributed by atoms with Crippen molar-refractivity contribution in [3.8, 4) is 5.75 Å².